The summed E-state index contributed by atoms with van der Waals surface area (Å²) in [4.78, 5) is 10.6. The number of anilines is 1. The molecule has 1 aliphatic rings. The van der Waals surface area contributed by atoms with Crippen LogP contribution < -0.4 is 10.2 Å². The highest BCUT2D eigenvalue weighted by Crippen LogP contribution is 2.06. The summed E-state index contributed by atoms with van der Waals surface area (Å²) >= 11 is 0. The highest BCUT2D eigenvalue weighted by Gasteiger charge is 2.11. The molecule has 1 aromatic rings. The first-order valence-corrected chi connectivity index (χ1v) is 4.46. The minimum atomic E-state index is 0.814. The molecule has 1 fully saturated rings. The summed E-state index contributed by atoms with van der Waals surface area (Å²) in [6.45, 7) is 7.74. The van der Waals surface area contributed by atoms with Crippen molar-refractivity contribution in [2.24, 2.45) is 0 Å². The minimum absolute atomic E-state index is 0.814. The van der Waals surface area contributed by atoms with Gasteiger partial charge in [0.05, 0.1) is 0 Å². The van der Waals surface area contributed by atoms with Crippen LogP contribution in [0.15, 0.2) is 12.4 Å². The predicted molar refractivity (Wildman–Crippen MR) is 51.6 cm³/mol. The third-order valence-corrected chi connectivity index (χ3v) is 2.09. The molecule has 4 heteroatoms. The van der Waals surface area contributed by atoms with Crippen LogP contribution in [0, 0.1) is 6.92 Å². The number of piperazine rings is 1. The summed E-state index contributed by atoms with van der Waals surface area (Å²) < 4.78 is 0. The van der Waals surface area contributed by atoms with Gasteiger partial charge in [0.25, 0.3) is 0 Å². The molecule has 0 spiro atoms. The molecule has 1 saturated heterocycles. The van der Waals surface area contributed by atoms with Gasteiger partial charge in [-0.25, -0.2) is 9.97 Å². The predicted octanol–water partition coefficient (Wildman–Crippen LogP) is 0.0684. The lowest BCUT2D eigenvalue weighted by Crippen LogP contribution is -2.44. The quantitative estimate of drug-likeness (QED) is 0.659. The fourth-order valence-corrected chi connectivity index (χ4v) is 1.38. The van der Waals surface area contributed by atoms with Crippen molar-refractivity contribution >= 4 is 5.95 Å². The number of aromatic nitrogens is 2. The van der Waals surface area contributed by atoms with E-state index in [-0.39, 0.29) is 0 Å². The molecule has 0 atom stereocenters. The van der Waals surface area contributed by atoms with Crippen LogP contribution in [-0.4, -0.2) is 36.1 Å². The Hall–Kier alpha value is -1.16. The van der Waals surface area contributed by atoms with Crippen molar-refractivity contribution in [2.75, 3.05) is 31.1 Å². The summed E-state index contributed by atoms with van der Waals surface area (Å²) in [7, 11) is 0. The van der Waals surface area contributed by atoms with Gasteiger partial charge in [-0.1, -0.05) is 0 Å². The maximum atomic E-state index is 4.23. The maximum Gasteiger partial charge on any atom is 0.225 e. The van der Waals surface area contributed by atoms with Crippen LogP contribution in [0.2, 0.25) is 0 Å². The number of hydrogen-bond acceptors (Lipinski definition) is 4. The van der Waals surface area contributed by atoms with Crippen molar-refractivity contribution in [3.8, 4) is 0 Å². The Bertz CT molecular complexity index is 263. The summed E-state index contributed by atoms with van der Waals surface area (Å²) in [6.07, 6.45) is 3.51. The Labute approximate surface area is 78.0 Å². The molecule has 0 aromatic carbocycles. The summed E-state index contributed by atoms with van der Waals surface area (Å²) in [5, 5.41) is 3.29. The van der Waals surface area contributed by atoms with Crippen molar-refractivity contribution in [1.29, 1.82) is 0 Å². The first-order valence-electron chi connectivity index (χ1n) is 4.46. The van der Waals surface area contributed by atoms with Gasteiger partial charge in [0.1, 0.15) is 0 Å². The van der Waals surface area contributed by atoms with Gasteiger partial charge in [-0.2, -0.15) is 0 Å². The molecular formula is C9H13N4. The third kappa shape index (κ3) is 1.95. The molecule has 0 amide bonds. The van der Waals surface area contributed by atoms with E-state index in [0.717, 1.165) is 37.7 Å². The van der Waals surface area contributed by atoms with Crippen LogP contribution in [-0.2, 0) is 0 Å². The van der Waals surface area contributed by atoms with Crippen LogP contribution in [0.4, 0.5) is 5.95 Å². The molecule has 0 saturated carbocycles. The second-order valence-corrected chi connectivity index (χ2v) is 3.13. The van der Waals surface area contributed by atoms with Crippen LogP contribution >= 0.6 is 0 Å². The van der Waals surface area contributed by atoms with Gasteiger partial charge >= 0.3 is 0 Å². The van der Waals surface area contributed by atoms with Gasteiger partial charge in [0.2, 0.25) is 5.95 Å². The Morgan fingerprint density at radius 1 is 1.23 bits per heavy atom. The molecule has 4 nitrogen and oxygen atoms in total. The molecule has 2 heterocycles. The van der Waals surface area contributed by atoms with Gasteiger partial charge in [0.15, 0.2) is 0 Å². The van der Waals surface area contributed by atoms with Gasteiger partial charge < -0.3 is 10.2 Å². The monoisotopic (exact) mass is 177 g/mol. The normalized spacial score (nSPS) is 17.5. The fraction of sp³-hybridized carbons (Fsp3) is 0.444. The Kier molecular flexibility index (Phi) is 2.40. The summed E-state index contributed by atoms with van der Waals surface area (Å²) in [6, 6.07) is 0. The fourth-order valence-electron chi connectivity index (χ4n) is 1.38. The molecule has 2 rings (SSSR count). The lowest BCUT2D eigenvalue weighted by atomic mass is 10.4. The number of hydrogen-bond donors (Lipinski definition) is 1. The molecule has 13 heavy (non-hydrogen) atoms. The van der Waals surface area contributed by atoms with E-state index < -0.39 is 0 Å². The average molecular weight is 177 g/mol. The maximum absolute atomic E-state index is 4.23. The van der Waals surface area contributed by atoms with Crippen molar-refractivity contribution in [1.82, 2.24) is 15.3 Å². The zero-order valence-electron chi connectivity index (χ0n) is 7.53. The topological polar surface area (TPSA) is 41.1 Å². The number of nitrogens with zero attached hydrogens (tertiary/aromatic N) is 3. The van der Waals surface area contributed by atoms with E-state index in [9.17, 15) is 0 Å². The molecule has 1 aromatic heterocycles. The van der Waals surface area contributed by atoms with Crippen LogP contribution in [0.1, 0.15) is 5.56 Å². The van der Waals surface area contributed by atoms with Crippen molar-refractivity contribution < 1.29 is 0 Å². The van der Waals surface area contributed by atoms with Gasteiger partial charge in [-0.3, -0.25) is 0 Å². The standard InChI is InChI=1S/C9H13N4/c1-8-6-11-9(12-7-8)13-4-2-10-3-5-13/h6-7,10H,1-5H2. The third-order valence-electron chi connectivity index (χ3n) is 2.09. The van der Waals surface area contributed by atoms with Crippen LogP contribution in [0.25, 0.3) is 0 Å². The van der Waals surface area contributed by atoms with Crippen molar-refractivity contribution in [3.63, 3.8) is 0 Å². The molecule has 0 bridgehead atoms. The molecule has 1 aliphatic heterocycles. The van der Waals surface area contributed by atoms with E-state index in [2.05, 4.69) is 27.1 Å². The number of rotatable bonds is 1. The van der Waals surface area contributed by atoms with E-state index in [4.69, 9.17) is 0 Å². The second-order valence-electron chi connectivity index (χ2n) is 3.13. The Balaban J connectivity index is 2.10. The molecule has 0 unspecified atom stereocenters. The van der Waals surface area contributed by atoms with E-state index in [0.29, 0.717) is 0 Å². The van der Waals surface area contributed by atoms with Gasteiger partial charge in [-0.15, -0.1) is 0 Å². The van der Waals surface area contributed by atoms with E-state index in [1.807, 2.05) is 0 Å². The van der Waals surface area contributed by atoms with Crippen LogP contribution in [0.5, 0.6) is 0 Å². The first-order chi connectivity index (χ1) is 6.36. The smallest absolute Gasteiger partial charge is 0.225 e. The first kappa shape index (κ1) is 8.44. The van der Waals surface area contributed by atoms with Crippen molar-refractivity contribution in [2.45, 2.75) is 0 Å². The summed E-state index contributed by atoms with van der Waals surface area (Å²) in [5.41, 5.74) is 0.860. The number of nitrogens with one attached hydrogen (secondary N) is 1. The lowest BCUT2D eigenvalue weighted by Gasteiger charge is -2.27. The second kappa shape index (κ2) is 3.70. The molecule has 1 N–H and O–H groups in total. The lowest BCUT2D eigenvalue weighted by molar-refractivity contribution is 0.579. The average Bonchev–Trinajstić information content (AvgIpc) is 2.20. The highest BCUT2D eigenvalue weighted by atomic mass is 15.3. The van der Waals surface area contributed by atoms with E-state index >= 15 is 0 Å². The SMILES string of the molecule is [CH2]c1cnc(N2CCNCC2)nc1. The Morgan fingerprint density at radius 3 is 2.46 bits per heavy atom. The molecular weight excluding hydrogens is 164 g/mol. The Morgan fingerprint density at radius 2 is 1.85 bits per heavy atom. The molecule has 69 valence electrons. The largest absolute Gasteiger partial charge is 0.338 e. The zero-order chi connectivity index (χ0) is 9.10. The summed E-state index contributed by atoms with van der Waals surface area (Å²) in [5.74, 6) is 0.814. The van der Waals surface area contributed by atoms with E-state index in [1.54, 1.807) is 12.4 Å². The van der Waals surface area contributed by atoms with E-state index in [1.165, 1.54) is 0 Å². The van der Waals surface area contributed by atoms with Crippen LogP contribution in [0.3, 0.4) is 0 Å². The molecule has 0 aliphatic carbocycles. The van der Waals surface area contributed by atoms with Crippen molar-refractivity contribution in [3.05, 3.63) is 24.9 Å². The zero-order valence-corrected chi connectivity index (χ0v) is 7.53. The van der Waals surface area contributed by atoms with Gasteiger partial charge in [0, 0.05) is 38.6 Å². The molecule has 1 radical (unpaired) electrons. The van der Waals surface area contributed by atoms with Gasteiger partial charge in [-0.05, 0) is 12.5 Å². The minimum Gasteiger partial charge on any atom is -0.338 e. The highest BCUT2D eigenvalue weighted by molar-refractivity contribution is 5.31.